The van der Waals surface area contributed by atoms with Crippen molar-refractivity contribution in [3.05, 3.63) is 71.5 Å². The standard InChI is InChI=1S/C22H22N2O5/c1-15-20(21(23-29-15)16-9-5-4-6-10-16)22(26)28-14-19(25)24(2)13-17-11-7-8-12-18(17)27-3/h4-12H,13-14H2,1-3H3. The predicted octanol–water partition coefficient (Wildman–Crippen LogP) is 3.47. The number of methoxy groups -OCH3 is 1. The van der Waals surface area contributed by atoms with Gasteiger partial charge in [0.05, 0.1) is 7.11 Å². The summed E-state index contributed by atoms with van der Waals surface area (Å²) in [5.41, 5.74) is 2.20. The maximum Gasteiger partial charge on any atom is 0.344 e. The third kappa shape index (κ3) is 4.63. The Kier molecular flexibility index (Phi) is 6.29. The minimum Gasteiger partial charge on any atom is -0.496 e. The second-order valence-corrected chi connectivity index (χ2v) is 6.47. The first-order chi connectivity index (χ1) is 14.0. The van der Waals surface area contributed by atoms with Crippen LogP contribution in [0.5, 0.6) is 5.75 Å². The smallest absolute Gasteiger partial charge is 0.344 e. The number of carbonyl (C=O) groups excluding carboxylic acids is 2. The van der Waals surface area contributed by atoms with E-state index in [1.54, 1.807) is 21.1 Å². The van der Waals surface area contributed by atoms with Crippen LogP contribution in [-0.4, -0.2) is 42.7 Å². The van der Waals surface area contributed by atoms with E-state index in [4.69, 9.17) is 14.0 Å². The van der Waals surface area contributed by atoms with Crippen LogP contribution in [0.15, 0.2) is 59.1 Å². The van der Waals surface area contributed by atoms with Crippen LogP contribution in [0, 0.1) is 6.92 Å². The number of carbonyl (C=O) groups is 2. The number of esters is 1. The number of aryl methyl sites for hydroxylation is 1. The van der Waals surface area contributed by atoms with Crippen molar-refractivity contribution in [3.63, 3.8) is 0 Å². The molecule has 0 radical (unpaired) electrons. The number of hydrogen-bond donors (Lipinski definition) is 0. The van der Waals surface area contributed by atoms with E-state index in [1.807, 2.05) is 54.6 Å². The van der Waals surface area contributed by atoms with E-state index in [2.05, 4.69) is 5.16 Å². The number of amides is 1. The molecular weight excluding hydrogens is 372 g/mol. The summed E-state index contributed by atoms with van der Waals surface area (Å²) in [7, 11) is 3.22. The fourth-order valence-electron chi connectivity index (χ4n) is 2.89. The van der Waals surface area contributed by atoms with Gasteiger partial charge in [0.25, 0.3) is 5.91 Å². The summed E-state index contributed by atoms with van der Waals surface area (Å²) in [6.45, 7) is 1.58. The van der Waals surface area contributed by atoms with Crippen LogP contribution >= 0.6 is 0 Å². The summed E-state index contributed by atoms with van der Waals surface area (Å²) < 4.78 is 15.7. The maximum atomic E-state index is 12.6. The van der Waals surface area contributed by atoms with Gasteiger partial charge in [-0.3, -0.25) is 4.79 Å². The van der Waals surface area contributed by atoms with Crippen LogP contribution in [0.1, 0.15) is 21.7 Å². The van der Waals surface area contributed by atoms with Crippen LogP contribution in [0.4, 0.5) is 0 Å². The lowest BCUT2D eigenvalue weighted by atomic mass is 10.1. The highest BCUT2D eigenvalue weighted by Crippen LogP contribution is 2.25. The van der Waals surface area contributed by atoms with Crippen molar-refractivity contribution in [1.29, 1.82) is 0 Å². The lowest BCUT2D eigenvalue weighted by Gasteiger charge is -2.18. The van der Waals surface area contributed by atoms with Crippen molar-refractivity contribution >= 4 is 11.9 Å². The first-order valence-corrected chi connectivity index (χ1v) is 9.06. The molecule has 0 spiro atoms. The van der Waals surface area contributed by atoms with Gasteiger partial charge in [-0.05, 0) is 13.0 Å². The van der Waals surface area contributed by atoms with Gasteiger partial charge < -0.3 is 18.9 Å². The van der Waals surface area contributed by atoms with Crippen molar-refractivity contribution in [3.8, 4) is 17.0 Å². The zero-order valence-corrected chi connectivity index (χ0v) is 16.5. The zero-order valence-electron chi connectivity index (χ0n) is 16.5. The molecular formula is C22H22N2O5. The summed E-state index contributed by atoms with van der Waals surface area (Å²) in [6, 6.07) is 16.6. The normalized spacial score (nSPS) is 10.4. The molecule has 1 heterocycles. The Balaban J connectivity index is 1.65. The van der Waals surface area contributed by atoms with E-state index in [1.165, 1.54) is 4.90 Å². The quantitative estimate of drug-likeness (QED) is 0.571. The Labute approximate surface area is 168 Å². The molecule has 150 valence electrons. The van der Waals surface area contributed by atoms with E-state index in [9.17, 15) is 9.59 Å². The molecule has 0 saturated heterocycles. The number of para-hydroxylation sites is 1. The molecule has 0 atom stereocenters. The molecule has 0 N–H and O–H groups in total. The fourth-order valence-corrected chi connectivity index (χ4v) is 2.89. The summed E-state index contributed by atoms with van der Waals surface area (Å²) in [5.74, 6) is 0.0432. The summed E-state index contributed by atoms with van der Waals surface area (Å²) in [5, 5.41) is 3.96. The number of rotatable bonds is 7. The van der Waals surface area contributed by atoms with E-state index in [0.29, 0.717) is 23.7 Å². The highest BCUT2D eigenvalue weighted by atomic mass is 16.5. The van der Waals surface area contributed by atoms with Crippen LogP contribution in [0.3, 0.4) is 0 Å². The maximum absolute atomic E-state index is 12.6. The van der Waals surface area contributed by atoms with Crippen LogP contribution in [-0.2, 0) is 16.1 Å². The summed E-state index contributed by atoms with van der Waals surface area (Å²) in [4.78, 5) is 26.5. The SMILES string of the molecule is COc1ccccc1CN(C)C(=O)COC(=O)c1c(-c2ccccc2)noc1C. The third-order valence-electron chi connectivity index (χ3n) is 4.47. The molecule has 7 heteroatoms. The molecule has 0 aliphatic rings. The Morgan fingerprint density at radius 1 is 1.07 bits per heavy atom. The topological polar surface area (TPSA) is 81.9 Å². The molecule has 0 saturated carbocycles. The number of ether oxygens (including phenoxy) is 2. The first kappa shape index (κ1) is 20.1. The molecule has 3 aromatic rings. The van der Waals surface area contributed by atoms with Crippen molar-refractivity contribution in [1.82, 2.24) is 10.1 Å². The molecule has 29 heavy (non-hydrogen) atoms. The van der Waals surface area contributed by atoms with Gasteiger partial charge in [0.15, 0.2) is 6.61 Å². The number of nitrogens with zero attached hydrogens (tertiary/aromatic N) is 2. The van der Waals surface area contributed by atoms with Gasteiger partial charge in [-0.25, -0.2) is 4.79 Å². The number of benzene rings is 2. The Morgan fingerprint density at radius 3 is 2.48 bits per heavy atom. The number of hydrogen-bond acceptors (Lipinski definition) is 6. The average molecular weight is 394 g/mol. The Morgan fingerprint density at radius 2 is 1.76 bits per heavy atom. The second-order valence-electron chi connectivity index (χ2n) is 6.47. The van der Waals surface area contributed by atoms with Gasteiger partial charge >= 0.3 is 5.97 Å². The molecule has 0 unspecified atom stereocenters. The van der Waals surface area contributed by atoms with Gasteiger partial charge in [-0.2, -0.15) is 0 Å². The molecule has 0 aliphatic heterocycles. The minimum absolute atomic E-state index is 0.219. The van der Waals surface area contributed by atoms with Gasteiger partial charge in [0.2, 0.25) is 0 Å². The number of aromatic nitrogens is 1. The van der Waals surface area contributed by atoms with Crippen molar-refractivity contribution in [2.24, 2.45) is 0 Å². The van der Waals surface area contributed by atoms with Crippen molar-refractivity contribution in [2.45, 2.75) is 13.5 Å². The van der Waals surface area contributed by atoms with Crippen molar-refractivity contribution in [2.75, 3.05) is 20.8 Å². The monoisotopic (exact) mass is 394 g/mol. The van der Waals surface area contributed by atoms with Crippen LogP contribution in [0.25, 0.3) is 11.3 Å². The van der Waals surface area contributed by atoms with E-state index in [0.717, 1.165) is 11.1 Å². The molecule has 1 amide bonds. The number of likely N-dealkylation sites (N-methyl/N-ethyl adjacent to an activating group) is 1. The van der Waals surface area contributed by atoms with Crippen molar-refractivity contribution < 1.29 is 23.6 Å². The lowest BCUT2D eigenvalue weighted by Crippen LogP contribution is -2.31. The molecule has 0 bridgehead atoms. The van der Waals surface area contributed by atoms with E-state index < -0.39 is 5.97 Å². The van der Waals surface area contributed by atoms with Gasteiger partial charge in [-0.1, -0.05) is 53.7 Å². The summed E-state index contributed by atoms with van der Waals surface area (Å²) in [6.07, 6.45) is 0. The van der Waals surface area contributed by atoms with Gasteiger partial charge in [0.1, 0.15) is 22.8 Å². The minimum atomic E-state index is -0.651. The predicted molar refractivity (Wildman–Crippen MR) is 106 cm³/mol. The van der Waals surface area contributed by atoms with Crippen LogP contribution < -0.4 is 4.74 Å². The summed E-state index contributed by atoms with van der Waals surface area (Å²) >= 11 is 0. The molecule has 1 aromatic heterocycles. The zero-order chi connectivity index (χ0) is 20.8. The molecule has 7 nitrogen and oxygen atoms in total. The molecule has 2 aromatic carbocycles. The van der Waals surface area contributed by atoms with Gasteiger partial charge in [0, 0.05) is 24.7 Å². The Hall–Kier alpha value is -3.61. The second kappa shape index (κ2) is 9.05. The molecule has 0 aliphatic carbocycles. The Bertz CT molecular complexity index is 997. The third-order valence-corrected chi connectivity index (χ3v) is 4.47. The average Bonchev–Trinajstić information content (AvgIpc) is 3.14. The fraction of sp³-hybridized carbons (Fsp3) is 0.227. The molecule has 3 rings (SSSR count). The first-order valence-electron chi connectivity index (χ1n) is 9.06. The van der Waals surface area contributed by atoms with Crippen LogP contribution in [0.2, 0.25) is 0 Å². The van der Waals surface area contributed by atoms with Gasteiger partial charge in [-0.15, -0.1) is 0 Å². The van der Waals surface area contributed by atoms with E-state index in [-0.39, 0.29) is 18.1 Å². The highest BCUT2D eigenvalue weighted by molar-refractivity contribution is 5.98. The van der Waals surface area contributed by atoms with E-state index >= 15 is 0 Å². The lowest BCUT2D eigenvalue weighted by molar-refractivity contribution is -0.133. The highest BCUT2D eigenvalue weighted by Gasteiger charge is 2.24. The largest absolute Gasteiger partial charge is 0.496 e. The molecule has 0 fully saturated rings.